The van der Waals surface area contributed by atoms with Crippen LogP contribution < -0.4 is 0 Å². The van der Waals surface area contributed by atoms with Gasteiger partial charge in [0.2, 0.25) is 0 Å². The summed E-state index contributed by atoms with van der Waals surface area (Å²) in [5, 5.41) is 0. The molecule has 0 spiro atoms. The van der Waals surface area contributed by atoms with E-state index in [9.17, 15) is 0 Å². The van der Waals surface area contributed by atoms with E-state index in [2.05, 4.69) is 69.3 Å². The molecular weight excluding hydrogens is 240 g/mol. The highest BCUT2D eigenvalue weighted by molar-refractivity contribution is 5.30. The summed E-state index contributed by atoms with van der Waals surface area (Å²) in [7, 11) is 0. The summed E-state index contributed by atoms with van der Waals surface area (Å²) in [6.45, 7) is 6.74. The average molecular weight is 264 g/mol. The van der Waals surface area contributed by atoms with Gasteiger partial charge in [-0.05, 0) is 55.6 Å². The monoisotopic (exact) mass is 264 g/mol. The van der Waals surface area contributed by atoms with Gasteiger partial charge < -0.3 is 0 Å². The molecule has 0 nitrogen and oxygen atoms in total. The molecule has 0 bridgehead atoms. The lowest BCUT2D eigenvalue weighted by atomic mass is 9.89. The van der Waals surface area contributed by atoms with Gasteiger partial charge in [0.1, 0.15) is 0 Å². The zero-order valence-electron chi connectivity index (χ0n) is 12.8. The molecule has 0 aliphatic heterocycles. The number of aryl methyl sites for hydroxylation is 2. The zero-order valence-corrected chi connectivity index (χ0v) is 12.8. The Bertz CT molecular complexity index is 562. The number of benzene rings is 2. The van der Waals surface area contributed by atoms with E-state index in [-0.39, 0.29) is 0 Å². The highest BCUT2D eigenvalue weighted by Crippen LogP contribution is 2.47. The molecule has 20 heavy (non-hydrogen) atoms. The molecule has 0 heterocycles. The SMILES string of the molecule is Cc1ccc(C2CC(C)C(c3ccc(C)cc3)C2)cc1. The second-order valence-electron chi connectivity index (χ2n) is 6.57. The summed E-state index contributed by atoms with van der Waals surface area (Å²) in [5.74, 6) is 2.24. The van der Waals surface area contributed by atoms with Crippen LogP contribution in [0.4, 0.5) is 0 Å². The molecule has 1 aliphatic carbocycles. The molecule has 0 N–H and O–H groups in total. The maximum atomic E-state index is 2.42. The molecule has 104 valence electrons. The van der Waals surface area contributed by atoms with Gasteiger partial charge in [-0.2, -0.15) is 0 Å². The molecule has 2 aromatic carbocycles. The van der Waals surface area contributed by atoms with Gasteiger partial charge >= 0.3 is 0 Å². The van der Waals surface area contributed by atoms with Gasteiger partial charge in [-0.15, -0.1) is 0 Å². The van der Waals surface area contributed by atoms with Crippen molar-refractivity contribution < 1.29 is 0 Å². The molecule has 1 aliphatic rings. The summed E-state index contributed by atoms with van der Waals surface area (Å²) in [6.07, 6.45) is 2.62. The quantitative estimate of drug-likeness (QED) is 0.662. The van der Waals surface area contributed by atoms with Crippen molar-refractivity contribution in [3.05, 3.63) is 70.8 Å². The van der Waals surface area contributed by atoms with Crippen LogP contribution in [0.1, 0.15) is 53.9 Å². The van der Waals surface area contributed by atoms with Crippen LogP contribution in [-0.2, 0) is 0 Å². The van der Waals surface area contributed by atoms with Crippen LogP contribution in [0.3, 0.4) is 0 Å². The van der Waals surface area contributed by atoms with E-state index in [0.29, 0.717) is 0 Å². The third-order valence-corrected chi connectivity index (χ3v) is 4.94. The Morgan fingerprint density at radius 3 is 1.75 bits per heavy atom. The summed E-state index contributed by atoms with van der Waals surface area (Å²) in [6, 6.07) is 18.3. The minimum atomic E-state index is 0.724. The Morgan fingerprint density at radius 2 is 1.20 bits per heavy atom. The summed E-state index contributed by atoms with van der Waals surface area (Å²) >= 11 is 0. The fourth-order valence-electron chi connectivity index (χ4n) is 3.64. The second-order valence-corrected chi connectivity index (χ2v) is 6.57. The fraction of sp³-hybridized carbons (Fsp3) is 0.400. The maximum absolute atomic E-state index is 2.42. The molecular formula is C20H24. The Kier molecular flexibility index (Phi) is 3.65. The first-order valence-electron chi connectivity index (χ1n) is 7.76. The van der Waals surface area contributed by atoms with E-state index < -0.39 is 0 Å². The molecule has 0 saturated heterocycles. The minimum absolute atomic E-state index is 0.724. The molecule has 1 saturated carbocycles. The van der Waals surface area contributed by atoms with Gasteiger partial charge in [0, 0.05) is 0 Å². The third kappa shape index (κ3) is 2.65. The standard InChI is InChI=1S/C20H24/c1-14-4-8-17(9-5-14)19-12-16(3)20(13-19)18-10-6-15(2)7-11-18/h4-11,16,19-20H,12-13H2,1-3H3. The molecule has 3 rings (SSSR count). The van der Waals surface area contributed by atoms with Crippen molar-refractivity contribution in [1.29, 1.82) is 0 Å². The van der Waals surface area contributed by atoms with Crippen molar-refractivity contribution in [3.63, 3.8) is 0 Å². The Morgan fingerprint density at radius 1 is 0.700 bits per heavy atom. The molecule has 0 heteroatoms. The highest BCUT2D eigenvalue weighted by atomic mass is 14.4. The zero-order chi connectivity index (χ0) is 14.1. The molecule has 0 aromatic heterocycles. The van der Waals surface area contributed by atoms with Crippen molar-refractivity contribution in [2.45, 2.75) is 45.4 Å². The van der Waals surface area contributed by atoms with E-state index in [1.807, 2.05) is 0 Å². The van der Waals surface area contributed by atoms with Gasteiger partial charge in [0.05, 0.1) is 0 Å². The molecule has 2 aromatic rings. The van der Waals surface area contributed by atoms with Gasteiger partial charge in [-0.3, -0.25) is 0 Å². The van der Waals surface area contributed by atoms with Gasteiger partial charge in [-0.1, -0.05) is 66.6 Å². The first-order chi connectivity index (χ1) is 9.63. The van der Waals surface area contributed by atoms with E-state index in [0.717, 1.165) is 17.8 Å². The Labute approximate surface area is 122 Å². The number of rotatable bonds is 2. The van der Waals surface area contributed by atoms with Crippen LogP contribution in [0.25, 0.3) is 0 Å². The highest BCUT2D eigenvalue weighted by Gasteiger charge is 2.32. The van der Waals surface area contributed by atoms with Crippen LogP contribution in [0.5, 0.6) is 0 Å². The van der Waals surface area contributed by atoms with Crippen LogP contribution in [0.15, 0.2) is 48.5 Å². The van der Waals surface area contributed by atoms with E-state index >= 15 is 0 Å². The number of hydrogen-bond acceptors (Lipinski definition) is 0. The van der Waals surface area contributed by atoms with E-state index in [4.69, 9.17) is 0 Å². The molecule has 0 amide bonds. The van der Waals surface area contributed by atoms with Gasteiger partial charge in [0.25, 0.3) is 0 Å². The normalized spacial score (nSPS) is 25.9. The van der Waals surface area contributed by atoms with E-state index in [1.54, 1.807) is 0 Å². The van der Waals surface area contributed by atoms with E-state index in [1.165, 1.54) is 35.1 Å². The Hall–Kier alpha value is -1.56. The largest absolute Gasteiger partial charge is 0.0619 e. The second kappa shape index (κ2) is 5.44. The predicted octanol–water partition coefficient (Wildman–Crippen LogP) is 5.60. The molecule has 0 radical (unpaired) electrons. The molecule has 3 atom stereocenters. The number of hydrogen-bond donors (Lipinski definition) is 0. The lowest BCUT2D eigenvalue weighted by Crippen LogP contribution is -2.01. The van der Waals surface area contributed by atoms with Crippen LogP contribution in [0.2, 0.25) is 0 Å². The lowest BCUT2D eigenvalue weighted by Gasteiger charge is -2.15. The van der Waals surface area contributed by atoms with Crippen molar-refractivity contribution >= 4 is 0 Å². The van der Waals surface area contributed by atoms with Crippen molar-refractivity contribution in [1.82, 2.24) is 0 Å². The maximum Gasteiger partial charge on any atom is -0.0130 e. The van der Waals surface area contributed by atoms with Crippen LogP contribution in [-0.4, -0.2) is 0 Å². The summed E-state index contributed by atoms with van der Waals surface area (Å²) in [4.78, 5) is 0. The van der Waals surface area contributed by atoms with Crippen LogP contribution in [0, 0.1) is 19.8 Å². The van der Waals surface area contributed by atoms with Crippen molar-refractivity contribution in [2.75, 3.05) is 0 Å². The first kappa shape index (κ1) is 13.4. The molecule has 3 unspecified atom stereocenters. The van der Waals surface area contributed by atoms with Gasteiger partial charge in [0.15, 0.2) is 0 Å². The predicted molar refractivity (Wildman–Crippen MR) is 86.2 cm³/mol. The lowest BCUT2D eigenvalue weighted by molar-refractivity contribution is 0.531. The van der Waals surface area contributed by atoms with Gasteiger partial charge in [-0.25, -0.2) is 0 Å². The fourth-order valence-corrected chi connectivity index (χ4v) is 3.64. The third-order valence-electron chi connectivity index (χ3n) is 4.94. The first-order valence-corrected chi connectivity index (χ1v) is 7.76. The van der Waals surface area contributed by atoms with Crippen molar-refractivity contribution in [3.8, 4) is 0 Å². The van der Waals surface area contributed by atoms with Crippen LogP contribution >= 0.6 is 0 Å². The summed E-state index contributed by atoms with van der Waals surface area (Å²) in [5.41, 5.74) is 5.76. The average Bonchev–Trinajstić information content (AvgIpc) is 2.82. The topological polar surface area (TPSA) is 0 Å². The van der Waals surface area contributed by atoms with Crippen molar-refractivity contribution in [2.24, 2.45) is 5.92 Å². The summed E-state index contributed by atoms with van der Waals surface area (Å²) < 4.78 is 0. The smallest absolute Gasteiger partial charge is 0.0130 e. The Balaban J connectivity index is 1.79. The minimum Gasteiger partial charge on any atom is -0.0619 e. The molecule has 1 fully saturated rings.